The Balaban J connectivity index is 1.08. The largest absolute Gasteiger partial charge is 0.386 e. The number of aromatic nitrogens is 6. The molecular weight excluding hydrogens is 727 g/mol. The van der Waals surface area contributed by atoms with Crippen molar-refractivity contribution in [3.05, 3.63) is 22.6 Å². The van der Waals surface area contributed by atoms with Crippen molar-refractivity contribution in [2.75, 3.05) is 24.7 Å². The molecule has 7 heterocycles. The summed E-state index contributed by atoms with van der Waals surface area (Å²) in [4.78, 5) is 25.1. The number of nitrogen functional groups attached to an aromatic ring is 2. The maximum absolute atomic E-state index is 13.5. The van der Waals surface area contributed by atoms with E-state index in [9.17, 15) is 9.13 Å². The minimum absolute atomic E-state index is 0.0397. The van der Waals surface area contributed by atoms with E-state index in [1.807, 2.05) is 0 Å². The number of anilines is 2. The Kier molecular flexibility index (Phi) is 9.09. The number of nitrogens with two attached hydrogens (primary N) is 2. The number of rotatable bonds is 2. The summed E-state index contributed by atoms with van der Waals surface area (Å²) in [7, 11) is 0. The molecule has 248 valence electrons. The van der Waals surface area contributed by atoms with Gasteiger partial charge in [0.2, 0.25) is 10.6 Å². The Morgan fingerprint density at radius 3 is 2.24 bits per heavy atom. The first-order chi connectivity index (χ1) is 21.8. The van der Waals surface area contributed by atoms with E-state index < -0.39 is 50.3 Å². The van der Waals surface area contributed by atoms with Crippen LogP contribution in [-0.4, -0.2) is 79.4 Å². The van der Waals surface area contributed by atoms with Crippen molar-refractivity contribution in [1.29, 1.82) is 0 Å². The molecule has 3 aromatic heterocycles. The Bertz CT molecular complexity index is 1810. The molecule has 0 amide bonds. The first-order valence-electron chi connectivity index (χ1n) is 14.0. The molecule has 9 atom stereocenters. The molecule has 17 nitrogen and oxygen atoms in total. The van der Waals surface area contributed by atoms with Crippen LogP contribution in [0.1, 0.15) is 31.2 Å². The van der Waals surface area contributed by atoms with E-state index in [0.29, 0.717) is 35.4 Å². The lowest BCUT2D eigenvalue weighted by Crippen LogP contribution is -2.32. The first kappa shape index (κ1) is 32.9. The number of imidazole rings is 1. The van der Waals surface area contributed by atoms with Gasteiger partial charge in [-0.05, 0) is 36.0 Å². The number of aliphatic imine (C=N–C) groups is 1. The van der Waals surface area contributed by atoms with Crippen LogP contribution in [0.25, 0.3) is 11.2 Å². The number of nitrogens with zero attached hydrogens (tertiary/aromatic N) is 7. The summed E-state index contributed by atoms with van der Waals surface area (Å²) in [6.07, 6.45) is 0.131. The van der Waals surface area contributed by atoms with Crippen LogP contribution in [0.3, 0.4) is 0 Å². The highest BCUT2D eigenvalue weighted by Crippen LogP contribution is 2.60. The smallest absolute Gasteiger partial charge is 0.382 e. The zero-order chi connectivity index (χ0) is 32.4. The zero-order valence-corrected chi connectivity index (χ0v) is 28.6. The van der Waals surface area contributed by atoms with Crippen molar-refractivity contribution in [3.8, 4) is 0 Å². The van der Waals surface area contributed by atoms with Gasteiger partial charge in [-0.2, -0.15) is 15.0 Å². The van der Waals surface area contributed by atoms with Gasteiger partial charge in [-0.3, -0.25) is 27.7 Å². The molecule has 3 fully saturated rings. The number of ether oxygens (including phenoxy) is 2. The van der Waals surface area contributed by atoms with Crippen LogP contribution in [0.5, 0.6) is 0 Å². The van der Waals surface area contributed by atoms with E-state index >= 15 is 0 Å². The van der Waals surface area contributed by atoms with Crippen LogP contribution in [0.4, 0.5) is 17.3 Å². The lowest BCUT2D eigenvalue weighted by molar-refractivity contribution is -0.0492. The third-order valence-corrected chi connectivity index (χ3v) is 11.6. The van der Waals surface area contributed by atoms with Crippen molar-refractivity contribution in [2.45, 2.75) is 62.4 Å². The topological polar surface area (TPSA) is 223 Å². The molecule has 3 aromatic rings. The predicted octanol–water partition coefficient (Wildman–Crippen LogP) is 4.39. The molecule has 0 aliphatic carbocycles. The number of fused-ring (bicyclic) bond motifs is 4. The number of aryl methyl sites for hydroxylation is 1. The average molecular weight is 755 g/mol. The summed E-state index contributed by atoms with van der Waals surface area (Å²) in [5, 5.41) is -0.0366. The molecule has 4 N–H and O–H groups in total. The second-order valence-corrected chi connectivity index (χ2v) is 17.4. The molecule has 0 spiro atoms. The van der Waals surface area contributed by atoms with Gasteiger partial charge in [0.25, 0.3) is 0 Å². The van der Waals surface area contributed by atoms with E-state index in [1.54, 1.807) is 10.8 Å². The number of thiol groups is 2. The fourth-order valence-corrected chi connectivity index (χ4v) is 9.32. The highest BCUT2D eigenvalue weighted by molar-refractivity contribution is 8.44. The highest BCUT2D eigenvalue weighted by atomic mass is 35.5. The van der Waals surface area contributed by atoms with Gasteiger partial charge in [0.05, 0.1) is 37.4 Å². The monoisotopic (exact) mass is 753 g/mol. The van der Waals surface area contributed by atoms with Gasteiger partial charge in [0.15, 0.2) is 17.3 Å². The molecular formula is C23H27Cl2N9O8P2S2. The molecule has 0 aromatic carbocycles. The van der Waals surface area contributed by atoms with Crippen LogP contribution in [0.2, 0.25) is 10.6 Å². The molecule has 0 bridgehead atoms. The summed E-state index contributed by atoms with van der Waals surface area (Å²) >= 11 is 20.4. The van der Waals surface area contributed by atoms with Crippen LogP contribution in [0.15, 0.2) is 11.3 Å². The molecule has 0 radical (unpaired) electrons. The molecule has 4 aliphatic rings. The van der Waals surface area contributed by atoms with Gasteiger partial charge in [-0.15, -0.1) is 0 Å². The standard InChI is InChI=1S/C23H27Cl2N9O8P2S2/c24-22-30-10-2-1-9(5-28-17(10)19(26)31-22)11-3-12-14(39-11)6-37-44(36,46)42-13-4-16(40-15(13)7-38-43(35,45)41-12)34-8-29-18-20(27)32-23(25)33-21(18)34/h5,8-9,11-16H,1-4,6-7H2,(H,35,45)(H,36,46)(H2,26,30,31)(H2,27,32,33)/t9?,11-,12?,13?,14-,15-,16-,43-,44-/m1/s1. The second-order valence-electron chi connectivity index (χ2n) is 11.0. The van der Waals surface area contributed by atoms with Crippen molar-refractivity contribution in [1.82, 2.24) is 29.5 Å². The molecule has 0 saturated carbocycles. The summed E-state index contributed by atoms with van der Waals surface area (Å²) in [6.45, 7) is -8.51. The summed E-state index contributed by atoms with van der Waals surface area (Å²) < 4.78 is 64.1. The summed E-state index contributed by atoms with van der Waals surface area (Å²) in [6, 6.07) is 0. The third-order valence-electron chi connectivity index (χ3n) is 8.02. The van der Waals surface area contributed by atoms with Crippen LogP contribution in [-0.2, 0) is 43.1 Å². The van der Waals surface area contributed by atoms with E-state index in [4.69, 9.17) is 62.2 Å². The van der Waals surface area contributed by atoms with Crippen LogP contribution >= 0.6 is 61.3 Å². The first-order valence-corrected chi connectivity index (χ1v) is 20.1. The minimum atomic E-state index is -3.99. The number of hydrogen-bond donors (Lipinski definition) is 4. The van der Waals surface area contributed by atoms with Gasteiger partial charge >= 0.3 is 13.6 Å². The summed E-state index contributed by atoms with van der Waals surface area (Å²) in [5.74, 6) is 0.0592. The lowest BCUT2D eigenvalue weighted by Gasteiger charge is -2.27. The maximum Gasteiger partial charge on any atom is 0.386 e. The lowest BCUT2D eigenvalue weighted by atomic mass is 9.95. The van der Waals surface area contributed by atoms with Crippen LogP contribution < -0.4 is 11.5 Å². The molecule has 46 heavy (non-hydrogen) atoms. The number of halogens is 2. The molecule has 7 rings (SSSR count). The van der Waals surface area contributed by atoms with E-state index in [-0.39, 0.29) is 54.2 Å². The Morgan fingerprint density at radius 2 is 1.50 bits per heavy atom. The second kappa shape index (κ2) is 12.7. The fourth-order valence-electron chi connectivity index (χ4n) is 5.91. The molecule has 4 aliphatic heterocycles. The van der Waals surface area contributed by atoms with Gasteiger partial charge in [-0.25, -0.2) is 19.1 Å². The van der Waals surface area contributed by atoms with E-state index in [0.717, 1.165) is 0 Å². The zero-order valence-electron chi connectivity index (χ0n) is 23.5. The Labute approximate surface area is 281 Å². The van der Waals surface area contributed by atoms with Gasteiger partial charge in [0.1, 0.15) is 35.7 Å². The van der Waals surface area contributed by atoms with E-state index in [2.05, 4.69) is 54.4 Å². The Hall–Kier alpha value is -1.60. The maximum atomic E-state index is 13.5. The van der Waals surface area contributed by atoms with Crippen molar-refractivity contribution < 1.29 is 36.7 Å². The van der Waals surface area contributed by atoms with Crippen molar-refractivity contribution >= 4 is 96.0 Å². The average Bonchev–Trinajstić information content (AvgIpc) is 3.63. The minimum Gasteiger partial charge on any atom is -0.382 e. The molecule has 3 saturated heterocycles. The molecule has 23 heteroatoms. The fraction of sp³-hybridized carbons (Fsp3) is 0.565. The molecule has 3 unspecified atom stereocenters. The van der Waals surface area contributed by atoms with Gasteiger partial charge < -0.3 is 20.9 Å². The predicted molar refractivity (Wildman–Crippen MR) is 173 cm³/mol. The normalized spacial score (nSPS) is 36.7. The van der Waals surface area contributed by atoms with E-state index in [1.165, 1.54) is 6.33 Å². The number of hydrogen-bond acceptors (Lipinski definition) is 16. The SMILES string of the molecule is Nc1nc(Cl)nc2c1N=CC([C@H]1CC3O[P@](=O)(S)OC[C@H]4O[C@@H](n5cnc6c(N)nc(Cl)nc65)CC4O[P@](=O)(S)OC[C@H]3O1)CC2. The van der Waals surface area contributed by atoms with Crippen molar-refractivity contribution in [2.24, 2.45) is 10.9 Å². The summed E-state index contributed by atoms with van der Waals surface area (Å²) in [5.41, 5.74) is 13.7. The Morgan fingerprint density at radius 1 is 0.848 bits per heavy atom. The van der Waals surface area contributed by atoms with Crippen LogP contribution in [0, 0.1) is 5.92 Å². The van der Waals surface area contributed by atoms with Gasteiger partial charge in [-0.1, -0.05) is 24.5 Å². The van der Waals surface area contributed by atoms with Gasteiger partial charge in [0, 0.05) is 25.0 Å². The quantitative estimate of drug-likeness (QED) is 0.162. The highest BCUT2D eigenvalue weighted by Gasteiger charge is 2.47. The van der Waals surface area contributed by atoms with Crippen molar-refractivity contribution in [3.63, 3.8) is 0 Å². The third kappa shape index (κ3) is 6.80.